The van der Waals surface area contributed by atoms with E-state index in [9.17, 15) is 19.7 Å². The van der Waals surface area contributed by atoms with E-state index in [2.05, 4.69) is 0 Å². The molecular weight excluding hydrogens is 274 g/mol. The molecule has 1 aliphatic rings. The number of esters is 1. The zero-order chi connectivity index (χ0) is 15.8. The summed E-state index contributed by atoms with van der Waals surface area (Å²) < 4.78 is 5.43. The smallest absolute Gasteiger partial charge is 0.319 e. The summed E-state index contributed by atoms with van der Waals surface area (Å²) in [7, 11) is 0. The van der Waals surface area contributed by atoms with Gasteiger partial charge in [0.1, 0.15) is 11.5 Å². The number of ketones is 1. The first-order valence-electron chi connectivity index (χ1n) is 6.78. The lowest BCUT2D eigenvalue weighted by atomic mass is 9.74. The fourth-order valence-electron chi connectivity index (χ4n) is 2.53. The molecule has 1 aliphatic heterocycles. The number of nitrogens with zero attached hydrogens (tertiary/aromatic N) is 1. The molecule has 1 fully saturated rings. The molecule has 1 saturated heterocycles. The minimum Gasteiger partial charge on any atom is -0.456 e. The number of benzene rings is 1. The average molecular weight is 291 g/mol. The van der Waals surface area contributed by atoms with Crippen LogP contribution in [0, 0.1) is 21.4 Å². The normalized spacial score (nSPS) is 24.5. The van der Waals surface area contributed by atoms with Crippen LogP contribution in [-0.4, -0.2) is 16.7 Å². The molecule has 2 rings (SSSR count). The third kappa shape index (κ3) is 2.53. The van der Waals surface area contributed by atoms with Crippen LogP contribution in [0.4, 0.5) is 5.69 Å². The molecule has 0 aromatic heterocycles. The van der Waals surface area contributed by atoms with Crippen molar-refractivity contribution in [3.63, 3.8) is 0 Å². The molecule has 6 nitrogen and oxygen atoms in total. The summed E-state index contributed by atoms with van der Waals surface area (Å²) in [6, 6.07) is 5.76. The van der Waals surface area contributed by atoms with Crippen LogP contribution in [0.3, 0.4) is 0 Å². The molecule has 0 spiro atoms. The molecule has 0 radical (unpaired) electrons. The van der Waals surface area contributed by atoms with Gasteiger partial charge in [0.25, 0.3) is 5.69 Å². The second-order valence-corrected chi connectivity index (χ2v) is 5.68. The maximum absolute atomic E-state index is 12.4. The fraction of sp³-hybridized carbons (Fsp3) is 0.467. The Morgan fingerprint density at radius 1 is 1.24 bits per heavy atom. The number of carbonyl (C=O) groups excluding carboxylic acids is 2. The van der Waals surface area contributed by atoms with Crippen molar-refractivity contribution in [2.24, 2.45) is 11.3 Å². The Morgan fingerprint density at radius 2 is 1.81 bits per heavy atom. The predicted octanol–water partition coefficient (Wildman–Crippen LogP) is 2.81. The Bertz CT molecular complexity index is 591. The van der Waals surface area contributed by atoms with Gasteiger partial charge in [0.05, 0.1) is 10.8 Å². The first kappa shape index (κ1) is 15.2. The lowest BCUT2D eigenvalue weighted by Gasteiger charge is -2.37. The lowest BCUT2D eigenvalue weighted by Crippen LogP contribution is -2.47. The maximum Gasteiger partial charge on any atom is 0.319 e. The third-order valence-electron chi connectivity index (χ3n) is 3.93. The summed E-state index contributed by atoms with van der Waals surface area (Å²) >= 11 is 0. The van der Waals surface area contributed by atoms with Gasteiger partial charge >= 0.3 is 5.97 Å². The van der Waals surface area contributed by atoms with E-state index in [1.54, 1.807) is 13.8 Å². The Balaban J connectivity index is 2.36. The molecule has 0 N–H and O–H groups in total. The molecule has 6 heteroatoms. The van der Waals surface area contributed by atoms with Gasteiger partial charge in [-0.3, -0.25) is 19.7 Å². The number of nitro groups is 1. The van der Waals surface area contributed by atoms with Crippen molar-refractivity contribution in [3.05, 3.63) is 39.9 Å². The molecule has 1 aromatic rings. The molecule has 0 saturated carbocycles. The standard InChI is InChI=1S/C15H17NO5/c1-4-11-12(21-14(18)15(2,3)13(11)17)9-5-7-10(8-6-9)16(19)20/h5-8,11-12H,4H2,1-3H3/t11-,12+/m0/s1. The number of carbonyl (C=O) groups is 2. The van der Waals surface area contributed by atoms with Crippen LogP contribution in [-0.2, 0) is 14.3 Å². The molecular formula is C15H17NO5. The summed E-state index contributed by atoms with van der Waals surface area (Å²) in [5, 5.41) is 10.7. The highest BCUT2D eigenvalue weighted by Crippen LogP contribution is 2.41. The van der Waals surface area contributed by atoms with E-state index >= 15 is 0 Å². The highest BCUT2D eigenvalue weighted by atomic mass is 16.6. The molecule has 0 aliphatic carbocycles. The van der Waals surface area contributed by atoms with Crippen LogP contribution in [0.25, 0.3) is 0 Å². The van der Waals surface area contributed by atoms with Crippen molar-refractivity contribution < 1.29 is 19.2 Å². The Labute approximate surface area is 122 Å². The van der Waals surface area contributed by atoms with E-state index in [4.69, 9.17) is 4.74 Å². The molecule has 0 bridgehead atoms. The molecule has 0 amide bonds. The van der Waals surface area contributed by atoms with Crippen molar-refractivity contribution >= 4 is 17.4 Å². The summed E-state index contributed by atoms with van der Waals surface area (Å²) in [6.07, 6.45) is -0.138. The lowest BCUT2D eigenvalue weighted by molar-refractivity contribution is -0.384. The second-order valence-electron chi connectivity index (χ2n) is 5.68. The monoisotopic (exact) mass is 291 g/mol. The summed E-state index contributed by atoms with van der Waals surface area (Å²) in [6.45, 7) is 4.98. The number of Topliss-reactive ketones (excluding diaryl/α,β-unsaturated/α-hetero) is 1. The first-order chi connectivity index (χ1) is 9.78. The van der Waals surface area contributed by atoms with Crippen LogP contribution >= 0.6 is 0 Å². The second kappa shape index (κ2) is 5.27. The predicted molar refractivity (Wildman–Crippen MR) is 74.5 cm³/mol. The van der Waals surface area contributed by atoms with Crippen LogP contribution in [0.2, 0.25) is 0 Å². The van der Waals surface area contributed by atoms with Crippen molar-refractivity contribution in [1.82, 2.24) is 0 Å². The minimum atomic E-state index is -1.14. The number of rotatable bonds is 3. The number of hydrogen-bond donors (Lipinski definition) is 0. The van der Waals surface area contributed by atoms with Crippen LogP contribution in [0.5, 0.6) is 0 Å². The highest BCUT2D eigenvalue weighted by molar-refractivity contribution is 6.06. The highest BCUT2D eigenvalue weighted by Gasteiger charge is 2.50. The van der Waals surface area contributed by atoms with Gasteiger partial charge in [-0.25, -0.2) is 0 Å². The minimum absolute atomic E-state index is 0.0411. The Kier molecular flexibility index (Phi) is 3.80. The zero-order valence-electron chi connectivity index (χ0n) is 12.2. The number of hydrogen-bond acceptors (Lipinski definition) is 5. The maximum atomic E-state index is 12.4. The largest absolute Gasteiger partial charge is 0.456 e. The van der Waals surface area contributed by atoms with Crippen LogP contribution < -0.4 is 0 Å². The quantitative estimate of drug-likeness (QED) is 0.370. The molecule has 21 heavy (non-hydrogen) atoms. The van der Waals surface area contributed by atoms with E-state index in [1.165, 1.54) is 24.3 Å². The van der Waals surface area contributed by atoms with Gasteiger partial charge in [-0.2, -0.15) is 0 Å². The number of ether oxygens (including phenoxy) is 1. The van der Waals surface area contributed by atoms with Gasteiger partial charge < -0.3 is 4.74 Å². The van der Waals surface area contributed by atoms with Gasteiger partial charge in [0, 0.05) is 12.1 Å². The van der Waals surface area contributed by atoms with E-state index in [0.29, 0.717) is 12.0 Å². The van der Waals surface area contributed by atoms with Gasteiger partial charge in [-0.15, -0.1) is 0 Å². The van der Waals surface area contributed by atoms with Crippen LogP contribution in [0.15, 0.2) is 24.3 Å². The van der Waals surface area contributed by atoms with E-state index < -0.39 is 28.3 Å². The number of cyclic esters (lactones) is 1. The third-order valence-corrected chi connectivity index (χ3v) is 3.93. The number of non-ortho nitro benzene ring substituents is 1. The van der Waals surface area contributed by atoms with Gasteiger partial charge in [-0.05, 0) is 38.0 Å². The molecule has 2 atom stereocenters. The molecule has 1 aromatic carbocycles. The summed E-state index contributed by atoms with van der Waals surface area (Å²) in [5.41, 5.74) is -0.581. The Hall–Kier alpha value is -2.24. The van der Waals surface area contributed by atoms with Crippen molar-refractivity contribution in [2.45, 2.75) is 33.3 Å². The number of nitro benzene ring substituents is 1. The van der Waals surface area contributed by atoms with Crippen molar-refractivity contribution in [1.29, 1.82) is 0 Å². The Morgan fingerprint density at radius 3 is 2.29 bits per heavy atom. The van der Waals surface area contributed by atoms with Crippen molar-refractivity contribution in [3.8, 4) is 0 Å². The van der Waals surface area contributed by atoms with E-state index in [1.807, 2.05) is 6.92 Å². The SMILES string of the molecule is CC[C@@H]1C(=O)C(C)(C)C(=O)O[C@@H]1c1ccc([N+](=O)[O-])cc1. The summed E-state index contributed by atoms with van der Waals surface area (Å²) in [5.74, 6) is -1.13. The van der Waals surface area contributed by atoms with E-state index in [0.717, 1.165) is 0 Å². The van der Waals surface area contributed by atoms with E-state index in [-0.39, 0.29) is 11.5 Å². The summed E-state index contributed by atoms with van der Waals surface area (Å²) in [4.78, 5) is 34.6. The van der Waals surface area contributed by atoms with Gasteiger partial charge in [-0.1, -0.05) is 6.92 Å². The fourth-order valence-corrected chi connectivity index (χ4v) is 2.53. The molecule has 0 unspecified atom stereocenters. The topological polar surface area (TPSA) is 86.5 Å². The van der Waals surface area contributed by atoms with Gasteiger partial charge in [0.15, 0.2) is 5.78 Å². The molecule has 112 valence electrons. The molecule has 1 heterocycles. The first-order valence-corrected chi connectivity index (χ1v) is 6.78. The van der Waals surface area contributed by atoms with Crippen LogP contribution in [0.1, 0.15) is 38.9 Å². The zero-order valence-corrected chi connectivity index (χ0v) is 12.2. The van der Waals surface area contributed by atoms with Crippen molar-refractivity contribution in [2.75, 3.05) is 0 Å². The average Bonchev–Trinajstić information content (AvgIpc) is 2.45. The van der Waals surface area contributed by atoms with Gasteiger partial charge in [0.2, 0.25) is 0 Å².